The van der Waals surface area contributed by atoms with E-state index in [9.17, 15) is 4.79 Å². The Morgan fingerprint density at radius 2 is 1.91 bits per heavy atom. The smallest absolute Gasteiger partial charge is 0.431 e. The van der Waals surface area contributed by atoms with Crippen LogP contribution in [0.3, 0.4) is 0 Å². The van der Waals surface area contributed by atoms with Crippen LogP contribution in [-0.4, -0.2) is 28.5 Å². The van der Waals surface area contributed by atoms with Crippen LogP contribution in [-0.2, 0) is 16.1 Å². The van der Waals surface area contributed by atoms with E-state index >= 15 is 0 Å². The van der Waals surface area contributed by atoms with Gasteiger partial charge in [0.25, 0.3) is 0 Å². The van der Waals surface area contributed by atoms with Crippen molar-refractivity contribution in [3.05, 3.63) is 70.2 Å². The fourth-order valence-corrected chi connectivity index (χ4v) is 6.99. The van der Waals surface area contributed by atoms with Crippen molar-refractivity contribution in [3.8, 4) is 0 Å². The maximum atomic E-state index is 13.1. The maximum Gasteiger partial charge on any atom is 0.431 e. The second-order valence-corrected chi connectivity index (χ2v) is 11.7. The van der Waals surface area contributed by atoms with Crippen molar-refractivity contribution in [2.24, 2.45) is 22.4 Å². The molecule has 2 aromatic rings. The van der Waals surface area contributed by atoms with E-state index in [0.717, 1.165) is 47.0 Å². The molecule has 0 unspecified atom stereocenters. The highest BCUT2D eigenvalue weighted by atomic mass is 79.9. The normalized spacial score (nSPS) is 28.7. The first-order valence-corrected chi connectivity index (χ1v) is 13.6. The summed E-state index contributed by atoms with van der Waals surface area (Å²) in [6, 6.07) is 18.5. The summed E-state index contributed by atoms with van der Waals surface area (Å²) in [5, 5.41) is 6.82. The van der Waals surface area contributed by atoms with Crippen LogP contribution in [0.2, 0.25) is 0 Å². The molecule has 2 bridgehead atoms. The van der Waals surface area contributed by atoms with Crippen LogP contribution in [0.4, 0.5) is 4.79 Å². The van der Waals surface area contributed by atoms with Gasteiger partial charge in [0, 0.05) is 16.1 Å². The molecule has 1 aliphatic heterocycles. The standard InChI is InChI=1S/C29H35BrN2O3/c1-5-24(31-32-27(33)35-25-17-22-15-16-29(25,32)28(22,3)4)19(2)26(21-11-13-23(30)14-12-21)34-18-20-9-7-6-8-10-20/h6-14,19,22,25-26H,5,15-18H2,1-4H3/b31-24-/t19-,22+,25+,26-,29+/m0/s1. The Hall–Kier alpha value is -2.18. The quantitative estimate of drug-likeness (QED) is 0.326. The van der Waals surface area contributed by atoms with Gasteiger partial charge in [-0.2, -0.15) is 10.1 Å². The monoisotopic (exact) mass is 538 g/mol. The average molecular weight is 540 g/mol. The minimum atomic E-state index is -0.340. The summed E-state index contributed by atoms with van der Waals surface area (Å²) in [7, 11) is 0. The molecule has 3 aliphatic rings. The fraction of sp³-hybridized carbons (Fsp3) is 0.517. The SMILES string of the molecule is CC/C(=N/N1C(=O)O[C@@H]2C[C@H]3CC[C@]21C3(C)C)[C@H](C)[C@H](OCc1ccccc1)c1ccc(Br)cc1. The minimum absolute atomic E-state index is 0.00959. The number of benzene rings is 2. The summed E-state index contributed by atoms with van der Waals surface area (Å²) in [6.45, 7) is 9.36. The first-order chi connectivity index (χ1) is 16.8. The highest BCUT2D eigenvalue weighted by molar-refractivity contribution is 9.10. The molecule has 1 spiro atoms. The summed E-state index contributed by atoms with van der Waals surface area (Å²) >= 11 is 3.55. The molecule has 1 amide bonds. The molecule has 5 atom stereocenters. The zero-order chi connectivity index (χ0) is 24.8. The van der Waals surface area contributed by atoms with Gasteiger partial charge in [-0.1, -0.05) is 86.1 Å². The highest BCUT2D eigenvalue weighted by Gasteiger charge is 2.73. The first kappa shape index (κ1) is 24.5. The Morgan fingerprint density at radius 1 is 1.20 bits per heavy atom. The van der Waals surface area contributed by atoms with E-state index in [2.05, 4.69) is 67.9 Å². The Morgan fingerprint density at radius 3 is 2.57 bits per heavy atom. The van der Waals surface area contributed by atoms with E-state index in [1.807, 2.05) is 30.3 Å². The van der Waals surface area contributed by atoms with Crippen LogP contribution in [0.1, 0.15) is 70.6 Å². The predicted molar refractivity (Wildman–Crippen MR) is 141 cm³/mol. The van der Waals surface area contributed by atoms with Crippen LogP contribution in [0.25, 0.3) is 0 Å². The molecule has 0 N–H and O–H groups in total. The van der Waals surface area contributed by atoms with Crippen molar-refractivity contribution < 1.29 is 14.3 Å². The first-order valence-electron chi connectivity index (χ1n) is 12.8. The van der Waals surface area contributed by atoms with E-state index in [1.54, 1.807) is 5.01 Å². The van der Waals surface area contributed by atoms with Crippen LogP contribution in [0.5, 0.6) is 0 Å². The summed E-state index contributed by atoms with van der Waals surface area (Å²) in [4.78, 5) is 13.1. The number of hydrogen-bond acceptors (Lipinski definition) is 4. The lowest BCUT2D eigenvalue weighted by Gasteiger charge is -2.40. The number of amides is 1. The van der Waals surface area contributed by atoms with Crippen molar-refractivity contribution in [2.45, 2.75) is 77.7 Å². The lowest BCUT2D eigenvalue weighted by atomic mass is 9.75. The van der Waals surface area contributed by atoms with E-state index in [4.69, 9.17) is 14.6 Å². The third kappa shape index (κ3) is 4.03. The number of carbonyl (C=O) groups is 1. The predicted octanol–water partition coefficient (Wildman–Crippen LogP) is 7.51. The Balaban J connectivity index is 1.47. The Bertz CT molecular complexity index is 1100. The zero-order valence-corrected chi connectivity index (χ0v) is 22.6. The number of hydrazone groups is 1. The van der Waals surface area contributed by atoms with Gasteiger partial charge in [0.1, 0.15) is 11.6 Å². The van der Waals surface area contributed by atoms with Gasteiger partial charge in [0.2, 0.25) is 0 Å². The Labute approximate surface area is 217 Å². The molecule has 1 heterocycles. The third-order valence-electron chi connectivity index (χ3n) is 8.88. The van der Waals surface area contributed by atoms with Crippen molar-refractivity contribution in [2.75, 3.05) is 0 Å². The maximum absolute atomic E-state index is 13.1. The number of halogens is 1. The number of hydrogen-bond donors (Lipinski definition) is 0. The van der Waals surface area contributed by atoms with Gasteiger partial charge in [-0.25, -0.2) is 4.79 Å². The van der Waals surface area contributed by atoms with Crippen molar-refractivity contribution in [1.29, 1.82) is 0 Å². The van der Waals surface area contributed by atoms with Gasteiger partial charge in [0.15, 0.2) is 0 Å². The topological polar surface area (TPSA) is 51.1 Å². The third-order valence-corrected chi connectivity index (χ3v) is 9.41. The summed E-state index contributed by atoms with van der Waals surface area (Å²) in [5.41, 5.74) is 2.84. The van der Waals surface area contributed by atoms with Crippen LogP contribution in [0, 0.1) is 17.3 Å². The number of rotatable bonds is 8. The molecule has 2 aliphatic carbocycles. The van der Waals surface area contributed by atoms with Crippen molar-refractivity contribution >= 4 is 27.7 Å². The molecule has 2 aromatic carbocycles. The van der Waals surface area contributed by atoms with Gasteiger partial charge in [-0.05, 0) is 60.3 Å². The molecule has 2 saturated carbocycles. The second-order valence-electron chi connectivity index (χ2n) is 10.8. The van der Waals surface area contributed by atoms with E-state index in [0.29, 0.717) is 12.5 Å². The van der Waals surface area contributed by atoms with Crippen LogP contribution < -0.4 is 0 Å². The van der Waals surface area contributed by atoms with Gasteiger partial charge < -0.3 is 9.47 Å². The van der Waals surface area contributed by atoms with E-state index in [1.165, 1.54) is 0 Å². The summed E-state index contributed by atoms with van der Waals surface area (Å²) in [6.07, 6.45) is 3.22. The van der Waals surface area contributed by atoms with Gasteiger partial charge in [-0.15, -0.1) is 0 Å². The molecule has 1 saturated heterocycles. The number of nitrogens with zero attached hydrogens (tertiary/aromatic N) is 2. The second kappa shape index (κ2) is 9.36. The number of carbonyl (C=O) groups excluding carboxylic acids is 1. The molecule has 0 radical (unpaired) electrons. The van der Waals surface area contributed by atoms with Crippen molar-refractivity contribution in [3.63, 3.8) is 0 Å². The van der Waals surface area contributed by atoms with Crippen molar-refractivity contribution in [1.82, 2.24) is 5.01 Å². The lowest BCUT2D eigenvalue weighted by Crippen LogP contribution is -2.53. The summed E-state index contributed by atoms with van der Waals surface area (Å²) < 4.78 is 13.5. The average Bonchev–Trinajstić information content (AvgIpc) is 3.37. The molecule has 186 valence electrons. The molecular formula is C29H35BrN2O3. The molecular weight excluding hydrogens is 504 g/mol. The minimum Gasteiger partial charge on any atom is -0.442 e. The largest absolute Gasteiger partial charge is 0.442 e. The molecule has 6 heteroatoms. The van der Waals surface area contributed by atoms with Crippen LogP contribution >= 0.6 is 15.9 Å². The molecule has 5 rings (SSSR count). The molecule has 3 fully saturated rings. The van der Waals surface area contributed by atoms with Gasteiger partial charge in [-0.3, -0.25) is 0 Å². The van der Waals surface area contributed by atoms with Gasteiger partial charge >= 0.3 is 6.09 Å². The lowest BCUT2D eigenvalue weighted by molar-refractivity contribution is 0.0192. The Kier molecular flexibility index (Phi) is 6.56. The molecule has 5 nitrogen and oxygen atoms in total. The van der Waals surface area contributed by atoms with Crippen LogP contribution in [0.15, 0.2) is 64.2 Å². The summed E-state index contributed by atoms with van der Waals surface area (Å²) in [5.74, 6) is 0.556. The highest BCUT2D eigenvalue weighted by Crippen LogP contribution is 2.66. The number of fused-ring (bicyclic) bond motifs is 1. The molecule has 35 heavy (non-hydrogen) atoms. The van der Waals surface area contributed by atoms with E-state index < -0.39 is 0 Å². The van der Waals surface area contributed by atoms with E-state index in [-0.39, 0.29) is 35.2 Å². The van der Waals surface area contributed by atoms with Gasteiger partial charge in [0.05, 0.1) is 12.7 Å². The molecule has 0 aromatic heterocycles. The fourth-order valence-electron chi connectivity index (χ4n) is 6.73. The zero-order valence-electron chi connectivity index (χ0n) is 21.0. The number of ether oxygens (including phenoxy) is 2.